The Morgan fingerprint density at radius 1 is 1.26 bits per heavy atom. The van der Waals surface area contributed by atoms with E-state index in [1.165, 1.54) is 12.1 Å². The Bertz CT molecular complexity index is 1150. The van der Waals surface area contributed by atoms with E-state index in [0.29, 0.717) is 12.3 Å². The summed E-state index contributed by atoms with van der Waals surface area (Å²) < 4.78 is 80.6. The number of carbonyl (C=O) groups is 1. The first-order chi connectivity index (χ1) is 16.2. The molecule has 0 aliphatic heterocycles. The number of aromatic nitrogens is 1. The van der Waals surface area contributed by atoms with Crippen LogP contribution in [0.1, 0.15) is 38.0 Å². The van der Waals surface area contributed by atoms with Gasteiger partial charge in [0, 0.05) is 30.9 Å². The predicted molar refractivity (Wildman–Crippen MR) is 118 cm³/mol. The summed E-state index contributed by atoms with van der Waals surface area (Å²) >= 11 is 5.91. The van der Waals surface area contributed by atoms with Crippen LogP contribution in [0.3, 0.4) is 0 Å². The molecule has 0 radical (unpaired) electrons. The van der Waals surface area contributed by atoms with Crippen molar-refractivity contribution in [2.24, 2.45) is 0 Å². The topological polar surface area (TPSA) is 136 Å². The fourth-order valence-corrected chi connectivity index (χ4v) is 3.56. The number of hydrogen-bond acceptors (Lipinski definition) is 8. The van der Waals surface area contributed by atoms with Gasteiger partial charge in [-0.05, 0) is 39.0 Å². The monoisotopic (exact) mass is 541 g/mol. The van der Waals surface area contributed by atoms with Crippen molar-refractivity contribution >= 4 is 28.0 Å². The summed E-state index contributed by atoms with van der Waals surface area (Å²) in [6.07, 6.45) is -6.80. The number of rotatable bonds is 10. The maximum atomic E-state index is 12.9. The standard InChI is InChI=1S/C20H23ClF3N3O7S/c1-4-25-19(29)34-35(30,31)27-10-17(32-11(2)3)14-6-5-13(28)8-16(14)33-18-15(21)7-12(9-26-18)20(22,23)24/h5-9,11,17,27-28H,4,10H2,1-3H3,(H,25,29). The van der Waals surface area contributed by atoms with Crippen molar-refractivity contribution in [3.05, 3.63) is 46.6 Å². The van der Waals surface area contributed by atoms with Crippen LogP contribution in [0.2, 0.25) is 5.02 Å². The van der Waals surface area contributed by atoms with E-state index in [2.05, 4.69) is 19.2 Å². The molecule has 1 amide bonds. The molecule has 1 atom stereocenters. The Morgan fingerprint density at radius 2 is 1.94 bits per heavy atom. The second-order valence-electron chi connectivity index (χ2n) is 7.21. The number of nitrogens with zero attached hydrogens (tertiary/aromatic N) is 1. The van der Waals surface area contributed by atoms with Gasteiger partial charge in [0.1, 0.15) is 22.6 Å². The molecule has 0 spiro atoms. The number of benzene rings is 1. The molecule has 10 nitrogen and oxygen atoms in total. The highest BCUT2D eigenvalue weighted by Gasteiger charge is 2.32. The van der Waals surface area contributed by atoms with Crippen LogP contribution in [0, 0.1) is 0 Å². The van der Waals surface area contributed by atoms with Gasteiger partial charge in [-0.2, -0.15) is 26.3 Å². The Balaban J connectivity index is 2.35. The third-order valence-corrected chi connectivity index (χ3v) is 5.24. The highest BCUT2D eigenvalue weighted by atomic mass is 35.5. The Hall–Kier alpha value is -2.81. The van der Waals surface area contributed by atoms with E-state index in [1.807, 2.05) is 0 Å². The number of phenols is 1. The van der Waals surface area contributed by atoms with E-state index in [9.17, 15) is 31.5 Å². The molecule has 1 unspecified atom stereocenters. The predicted octanol–water partition coefficient (Wildman–Crippen LogP) is 4.30. The molecule has 35 heavy (non-hydrogen) atoms. The van der Waals surface area contributed by atoms with Crippen LogP contribution in [0.5, 0.6) is 17.4 Å². The summed E-state index contributed by atoms with van der Waals surface area (Å²) in [4.78, 5) is 15.0. The van der Waals surface area contributed by atoms with Gasteiger partial charge in [-0.15, -0.1) is 0 Å². The molecule has 1 aromatic carbocycles. The van der Waals surface area contributed by atoms with Crippen LogP contribution in [0.15, 0.2) is 30.5 Å². The largest absolute Gasteiger partial charge is 0.508 e. The van der Waals surface area contributed by atoms with Crippen LogP contribution in [-0.2, 0) is 25.4 Å². The molecular weight excluding hydrogens is 519 g/mol. The van der Waals surface area contributed by atoms with Gasteiger partial charge in [0.2, 0.25) is 5.88 Å². The van der Waals surface area contributed by atoms with E-state index in [1.54, 1.807) is 20.8 Å². The Labute approximate surface area is 204 Å². The second kappa shape index (κ2) is 11.7. The molecule has 194 valence electrons. The maximum absolute atomic E-state index is 12.9. The number of halogens is 4. The van der Waals surface area contributed by atoms with Crippen molar-refractivity contribution in [2.45, 2.75) is 39.2 Å². The Kier molecular flexibility index (Phi) is 9.54. The number of hydrogen-bond donors (Lipinski definition) is 3. The summed E-state index contributed by atoms with van der Waals surface area (Å²) in [5.74, 6) is -0.779. The molecule has 0 saturated heterocycles. The number of phenolic OH excluding ortho intramolecular Hbond substituents is 1. The molecule has 1 aromatic heterocycles. The molecule has 15 heteroatoms. The lowest BCUT2D eigenvalue weighted by molar-refractivity contribution is -0.137. The summed E-state index contributed by atoms with van der Waals surface area (Å²) in [5, 5.41) is 11.6. The van der Waals surface area contributed by atoms with Crippen LogP contribution >= 0.6 is 11.6 Å². The fraction of sp³-hybridized carbons (Fsp3) is 0.400. The molecule has 0 fully saturated rings. The first kappa shape index (κ1) is 28.4. The first-order valence-electron chi connectivity index (χ1n) is 10.1. The minimum absolute atomic E-state index is 0.117. The lowest BCUT2D eigenvalue weighted by Gasteiger charge is -2.23. The van der Waals surface area contributed by atoms with E-state index in [-0.39, 0.29) is 23.6 Å². The summed E-state index contributed by atoms with van der Waals surface area (Å²) in [6, 6.07) is 4.37. The SMILES string of the molecule is CCNC(=O)OS(=O)(=O)NCC(OC(C)C)c1ccc(O)cc1Oc1ncc(C(F)(F)F)cc1Cl. The number of carbonyl (C=O) groups excluding carboxylic acids is 1. The smallest absolute Gasteiger partial charge is 0.423 e. The maximum Gasteiger partial charge on any atom is 0.423 e. The molecule has 0 bridgehead atoms. The van der Waals surface area contributed by atoms with Crippen LogP contribution in [0.4, 0.5) is 18.0 Å². The number of pyridine rings is 1. The average molecular weight is 542 g/mol. The lowest BCUT2D eigenvalue weighted by Crippen LogP contribution is -2.36. The van der Waals surface area contributed by atoms with Crippen molar-refractivity contribution in [3.8, 4) is 17.4 Å². The van der Waals surface area contributed by atoms with Crippen molar-refractivity contribution < 1.29 is 45.1 Å². The highest BCUT2D eigenvalue weighted by molar-refractivity contribution is 7.85. The zero-order chi connectivity index (χ0) is 26.4. The summed E-state index contributed by atoms with van der Waals surface area (Å²) in [7, 11) is -4.52. The van der Waals surface area contributed by atoms with Gasteiger partial charge in [-0.25, -0.2) is 9.78 Å². The summed E-state index contributed by atoms with van der Waals surface area (Å²) in [5.41, 5.74) is -0.900. The number of aromatic hydroxyl groups is 1. The van der Waals surface area contributed by atoms with E-state index in [0.717, 1.165) is 6.07 Å². The van der Waals surface area contributed by atoms with Crippen LogP contribution < -0.4 is 14.8 Å². The minimum Gasteiger partial charge on any atom is -0.508 e. The van der Waals surface area contributed by atoms with Gasteiger partial charge in [0.05, 0.1) is 11.7 Å². The van der Waals surface area contributed by atoms with Crippen molar-refractivity contribution in [3.63, 3.8) is 0 Å². The molecule has 1 heterocycles. The third-order valence-electron chi connectivity index (χ3n) is 4.07. The normalized spacial score (nSPS) is 12.9. The zero-order valence-corrected chi connectivity index (χ0v) is 20.3. The van der Waals surface area contributed by atoms with Crippen molar-refractivity contribution in [2.75, 3.05) is 13.1 Å². The molecule has 0 saturated carbocycles. The van der Waals surface area contributed by atoms with Gasteiger partial charge >= 0.3 is 22.6 Å². The quantitative estimate of drug-likeness (QED) is 0.405. The number of amides is 1. The second-order valence-corrected chi connectivity index (χ2v) is 8.98. The van der Waals surface area contributed by atoms with Gasteiger partial charge in [-0.1, -0.05) is 11.6 Å². The van der Waals surface area contributed by atoms with Gasteiger partial charge in [0.25, 0.3) is 0 Å². The number of alkyl halides is 3. The Morgan fingerprint density at radius 3 is 2.51 bits per heavy atom. The van der Waals surface area contributed by atoms with Gasteiger partial charge in [0.15, 0.2) is 0 Å². The van der Waals surface area contributed by atoms with Crippen molar-refractivity contribution in [1.82, 2.24) is 15.0 Å². The highest BCUT2D eigenvalue weighted by Crippen LogP contribution is 2.38. The molecule has 2 aromatic rings. The van der Waals surface area contributed by atoms with E-state index < -0.39 is 57.8 Å². The molecule has 0 aliphatic carbocycles. The summed E-state index contributed by atoms with van der Waals surface area (Å²) in [6.45, 7) is 4.61. The van der Waals surface area contributed by atoms with Gasteiger partial charge < -0.3 is 24.1 Å². The van der Waals surface area contributed by atoms with Crippen molar-refractivity contribution in [1.29, 1.82) is 0 Å². The number of ether oxygens (including phenoxy) is 2. The molecular formula is C20H23ClF3N3O7S. The minimum atomic E-state index is -4.67. The molecule has 0 aliphatic rings. The van der Waals surface area contributed by atoms with Crippen LogP contribution in [0.25, 0.3) is 0 Å². The molecule has 3 N–H and O–H groups in total. The third kappa shape index (κ3) is 8.72. The molecule has 2 rings (SSSR count). The van der Waals surface area contributed by atoms with E-state index >= 15 is 0 Å². The van der Waals surface area contributed by atoms with Gasteiger partial charge in [-0.3, -0.25) is 0 Å². The van der Waals surface area contributed by atoms with E-state index in [4.69, 9.17) is 21.1 Å². The lowest BCUT2D eigenvalue weighted by atomic mass is 10.1. The number of nitrogens with one attached hydrogen (secondary N) is 2. The average Bonchev–Trinajstić information content (AvgIpc) is 2.71. The zero-order valence-electron chi connectivity index (χ0n) is 18.7. The fourth-order valence-electron chi connectivity index (χ4n) is 2.68. The van der Waals surface area contributed by atoms with Crippen LogP contribution in [-0.4, -0.2) is 43.8 Å². The first-order valence-corrected chi connectivity index (χ1v) is 11.9.